The molecule has 0 spiro atoms. The molecule has 10 heteroatoms. The van der Waals surface area contributed by atoms with Crippen LogP contribution in [0.25, 0.3) is 0 Å². The summed E-state index contributed by atoms with van der Waals surface area (Å²) in [5.41, 5.74) is 1.24. The van der Waals surface area contributed by atoms with Gasteiger partial charge in [-0.15, -0.1) is 0 Å². The van der Waals surface area contributed by atoms with Gasteiger partial charge in [-0.3, -0.25) is 9.52 Å². The molecule has 0 fully saturated rings. The predicted octanol–water partition coefficient (Wildman–Crippen LogP) is 2.03. The Kier molecular flexibility index (Phi) is 7.28. The number of ether oxygens (including phenoxy) is 2. The first-order valence-corrected chi connectivity index (χ1v) is 10.4. The van der Waals surface area contributed by atoms with E-state index >= 15 is 0 Å². The van der Waals surface area contributed by atoms with Gasteiger partial charge in [0.15, 0.2) is 13.2 Å². The van der Waals surface area contributed by atoms with E-state index in [0.717, 1.165) is 0 Å². The Labute approximate surface area is 175 Å². The standard InChI is InChI=1S/C20H24N2O7S/c1-13-5-10-17(14(2)20(13)29-12-19(24)25)30(26,27)21-15-6-8-16(9-7-15)28-11-18(23)22(3)4/h5-10,21H,11-12H2,1-4H3,(H,24,25). The first kappa shape index (κ1) is 23.0. The molecule has 9 nitrogen and oxygen atoms in total. The number of carbonyl (C=O) groups excluding carboxylic acids is 1. The third-order valence-corrected chi connectivity index (χ3v) is 5.68. The summed E-state index contributed by atoms with van der Waals surface area (Å²) >= 11 is 0. The van der Waals surface area contributed by atoms with Gasteiger partial charge in [-0.25, -0.2) is 13.2 Å². The Morgan fingerprint density at radius 1 is 1.00 bits per heavy atom. The van der Waals surface area contributed by atoms with Crippen LogP contribution < -0.4 is 14.2 Å². The minimum atomic E-state index is -3.95. The largest absolute Gasteiger partial charge is 0.484 e. The van der Waals surface area contributed by atoms with Crippen LogP contribution in [0.4, 0.5) is 5.69 Å². The van der Waals surface area contributed by atoms with Crippen molar-refractivity contribution in [1.82, 2.24) is 4.90 Å². The van der Waals surface area contributed by atoms with Crippen LogP contribution in [0.1, 0.15) is 11.1 Å². The van der Waals surface area contributed by atoms with Gasteiger partial charge in [0.1, 0.15) is 11.5 Å². The molecule has 0 saturated heterocycles. The van der Waals surface area contributed by atoms with Crippen molar-refractivity contribution in [3.05, 3.63) is 47.5 Å². The van der Waals surface area contributed by atoms with Gasteiger partial charge in [0.25, 0.3) is 15.9 Å². The predicted molar refractivity (Wildman–Crippen MR) is 110 cm³/mol. The van der Waals surface area contributed by atoms with Gasteiger partial charge in [-0.05, 0) is 49.7 Å². The van der Waals surface area contributed by atoms with E-state index in [0.29, 0.717) is 22.6 Å². The molecule has 2 N–H and O–H groups in total. The Hall–Kier alpha value is -3.27. The number of sulfonamides is 1. The number of carbonyl (C=O) groups is 2. The van der Waals surface area contributed by atoms with Crippen LogP contribution in [0.5, 0.6) is 11.5 Å². The molecule has 0 saturated carbocycles. The summed E-state index contributed by atoms with van der Waals surface area (Å²) in [5, 5.41) is 8.81. The average Bonchev–Trinajstić information content (AvgIpc) is 2.66. The third kappa shape index (κ3) is 5.86. The molecule has 2 aromatic carbocycles. The molecule has 2 aromatic rings. The van der Waals surface area contributed by atoms with E-state index in [1.807, 2.05) is 0 Å². The molecule has 0 aliphatic carbocycles. The first-order chi connectivity index (χ1) is 14.0. The number of likely N-dealkylation sites (N-methyl/N-ethyl adjacent to an activating group) is 1. The monoisotopic (exact) mass is 436 g/mol. The van der Waals surface area contributed by atoms with Crippen molar-refractivity contribution in [1.29, 1.82) is 0 Å². The molecule has 30 heavy (non-hydrogen) atoms. The molecule has 0 aliphatic rings. The summed E-state index contributed by atoms with van der Waals surface area (Å²) in [6, 6.07) is 9.10. The number of carboxylic acids is 1. The molecular weight excluding hydrogens is 412 g/mol. The fourth-order valence-electron chi connectivity index (χ4n) is 2.56. The Morgan fingerprint density at radius 3 is 2.20 bits per heavy atom. The third-order valence-electron chi connectivity index (χ3n) is 4.15. The highest BCUT2D eigenvalue weighted by atomic mass is 32.2. The number of rotatable bonds is 9. The second-order valence-corrected chi connectivity index (χ2v) is 8.37. The summed E-state index contributed by atoms with van der Waals surface area (Å²) in [6.07, 6.45) is 0. The van der Waals surface area contributed by atoms with E-state index in [-0.39, 0.29) is 23.2 Å². The summed E-state index contributed by atoms with van der Waals surface area (Å²) in [6.45, 7) is 2.56. The number of nitrogens with one attached hydrogen (secondary N) is 1. The van der Waals surface area contributed by atoms with Gasteiger partial charge in [-0.1, -0.05) is 6.07 Å². The maximum Gasteiger partial charge on any atom is 0.341 e. The fourth-order valence-corrected chi connectivity index (χ4v) is 3.86. The van der Waals surface area contributed by atoms with Gasteiger partial charge in [0.2, 0.25) is 0 Å². The average molecular weight is 436 g/mol. The second-order valence-electron chi connectivity index (χ2n) is 6.72. The molecule has 162 valence electrons. The van der Waals surface area contributed by atoms with E-state index in [1.165, 1.54) is 23.1 Å². The van der Waals surface area contributed by atoms with Crippen molar-refractivity contribution in [2.24, 2.45) is 0 Å². The van der Waals surface area contributed by atoms with Gasteiger partial charge < -0.3 is 19.5 Å². The van der Waals surface area contributed by atoms with Crippen molar-refractivity contribution in [3.63, 3.8) is 0 Å². The van der Waals surface area contributed by atoms with Gasteiger partial charge in [0.05, 0.1) is 4.90 Å². The van der Waals surface area contributed by atoms with Crippen molar-refractivity contribution < 1.29 is 32.6 Å². The summed E-state index contributed by atoms with van der Waals surface area (Å²) < 4.78 is 38.8. The zero-order chi connectivity index (χ0) is 22.5. The molecule has 0 bridgehead atoms. The van der Waals surface area contributed by atoms with Crippen LogP contribution >= 0.6 is 0 Å². The van der Waals surface area contributed by atoms with E-state index in [1.54, 1.807) is 46.1 Å². The minimum Gasteiger partial charge on any atom is -0.484 e. The normalized spacial score (nSPS) is 10.9. The maximum absolute atomic E-state index is 12.8. The van der Waals surface area contributed by atoms with Gasteiger partial charge in [-0.2, -0.15) is 0 Å². The Balaban J connectivity index is 2.17. The Bertz CT molecular complexity index is 1030. The van der Waals surface area contributed by atoms with Gasteiger partial charge in [0, 0.05) is 25.3 Å². The lowest BCUT2D eigenvalue weighted by molar-refractivity contribution is -0.139. The highest BCUT2D eigenvalue weighted by Gasteiger charge is 2.21. The van der Waals surface area contributed by atoms with Crippen LogP contribution in [0.3, 0.4) is 0 Å². The number of hydrogen-bond acceptors (Lipinski definition) is 6. The molecule has 0 unspecified atom stereocenters. The number of nitrogens with zero attached hydrogens (tertiary/aromatic N) is 1. The topological polar surface area (TPSA) is 122 Å². The number of carboxylic acid groups (broad SMARTS) is 1. The molecule has 1 amide bonds. The number of aliphatic carboxylic acids is 1. The summed E-state index contributed by atoms with van der Waals surface area (Å²) in [4.78, 5) is 23.7. The molecule has 2 rings (SSSR count). The van der Waals surface area contributed by atoms with Crippen LogP contribution in [0.15, 0.2) is 41.3 Å². The summed E-state index contributed by atoms with van der Waals surface area (Å²) in [7, 11) is -0.711. The molecule has 0 aromatic heterocycles. The number of benzene rings is 2. The lowest BCUT2D eigenvalue weighted by Gasteiger charge is -2.16. The zero-order valence-electron chi connectivity index (χ0n) is 17.1. The summed E-state index contributed by atoms with van der Waals surface area (Å²) in [5.74, 6) is -0.719. The van der Waals surface area contributed by atoms with Crippen LogP contribution in [0.2, 0.25) is 0 Å². The van der Waals surface area contributed by atoms with Crippen LogP contribution in [-0.4, -0.2) is 57.6 Å². The van der Waals surface area contributed by atoms with E-state index in [9.17, 15) is 18.0 Å². The van der Waals surface area contributed by atoms with Gasteiger partial charge >= 0.3 is 5.97 Å². The van der Waals surface area contributed by atoms with Crippen LogP contribution in [-0.2, 0) is 19.6 Å². The van der Waals surface area contributed by atoms with Crippen molar-refractivity contribution in [2.45, 2.75) is 18.7 Å². The smallest absolute Gasteiger partial charge is 0.341 e. The molecule has 0 aliphatic heterocycles. The Morgan fingerprint density at radius 2 is 1.63 bits per heavy atom. The lowest BCUT2D eigenvalue weighted by Crippen LogP contribution is -2.27. The minimum absolute atomic E-state index is 0.0228. The zero-order valence-corrected chi connectivity index (χ0v) is 17.9. The van der Waals surface area contributed by atoms with E-state index < -0.39 is 22.6 Å². The molecule has 0 heterocycles. The molecular formula is C20H24N2O7S. The number of hydrogen-bond donors (Lipinski definition) is 2. The van der Waals surface area contributed by atoms with Crippen molar-refractivity contribution in [2.75, 3.05) is 32.0 Å². The second kappa shape index (κ2) is 9.49. The number of aryl methyl sites for hydroxylation is 1. The van der Waals surface area contributed by atoms with Crippen molar-refractivity contribution in [3.8, 4) is 11.5 Å². The van der Waals surface area contributed by atoms with Crippen molar-refractivity contribution >= 4 is 27.6 Å². The highest BCUT2D eigenvalue weighted by molar-refractivity contribution is 7.92. The lowest BCUT2D eigenvalue weighted by atomic mass is 10.1. The SMILES string of the molecule is Cc1ccc(S(=O)(=O)Nc2ccc(OCC(=O)N(C)C)cc2)c(C)c1OCC(=O)O. The van der Waals surface area contributed by atoms with Crippen LogP contribution in [0, 0.1) is 13.8 Å². The molecule has 0 radical (unpaired) electrons. The maximum atomic E-state index is 12.8. The quantitative estimate of drug-likeness (QED) is 0.617. The fraction of sp³-hybridized carbons (Fsp3) is 0.300. The van der Waals surface area contributed by atoms with E-state index in [4.69, 9.17) is 14.6 Å². The number of anilines is 1. The highest BCUT2D eigenvalue weighted by Crippen LogP contribution is 2.30. The van der Waals surface area contributed by atoms with E-state index in [2.05, 4.69) is 4.72 Å². The number of amides is 1. The molecule has 0 atom stereocenters. The first-order valence-electron chi connectivity index (χ1n) is 8.92.